The van der Waals surface area contributed by atoms with E-state index in [0.29, 0.717) is 6.54 Å². The molecule has 0 aliphatic carbocycles. The van der Waals surface area contributed by atoms with E-state index in [1.807, 2.05) is 33.7 Å². The second kappa shape index (κ2) is 11.8. The SMILES string of the molecule is CCNC(=NCCc1nnc2ccccn12)N1CCN(C(C)C(=O)N2CCCC2)CC1.I. The van der Waals surface area contributed by atoms with Gasteiger partial charge in [-0.3, -0.25) is 19.1 Å². The number of piperazine rings is 1. The van der Waals surface area contributed by atoms with Crippen molar-refractivity contribution in [2.24, 2.45) is 4.99 Å². The highest BCUT2D eigenvalue weighted by Crippen LogP contribution is 2.14. The minimum absolute atomic E-state index is 0. The van der Waals surface area contributed by atoms with Gasteiger partial charge < -0.3 is 15.1 Å². The van der Waals surface area contributed by atoms with E-state index in [-0.39, 0.29) is 35.9 Å². The minimum atomic E-state index is -0.0407. The Kier molecular flexibility index (Phi) is 9.09. The predicted molar refractivity (Wildman–Crippen MR) is 137 cm³/mol. The second-order valence-corrected chi connectivity index (χ2v) is 8.26. The summed E-state index contributed by atoms with van der Waals surface area (Å²) in [4.78, 5) is 24.2. The summed E-state index contributed by atoms with van der Waals surface area (Å²) in [5.41, 5.74) is 0.863. The molecular weight excluding hydrogens is 519 g/mol. The number of aromatic nitrogens is 3. The van der Waals surface area contributed by atoms with Gasteiger partial charge >= 0.3 is 0 Å². The maximum Gasteiger partial charge on any atom is 0.239 e. The lowest BCUT2D eigenvalue weighted by molar-refractivity contribution is -0.135. The van der Waals surface area contributed by atoms with Crippen LogP contribution < -0.4 is 5.32 Å². The normalized spacial score (nSPS) is 18.6. The highest BCUT2D eigenvalue weighted by molar-refractivity contribution is 14.0. The number of amides is 1. The molecule has 176 valence electrons. The van der Waals surface area contributed by atoms with Gasteiger partial charge in [0.05, 0.1) is 6.04 Å². The number of rotatable bonds is 6. The third-order valence-corrected chi connectivity index (χ3v) is 6.25. The maximum absolute atomic E-state index is 12.7. The van der Waals surface area contributed by atoms with Crippen molar-refractivity contribution in [1.29, 1.82) is 0 Å². The van der Waals surface area contributed by atoms with Crippen molar-refractivity contribution in [1.82, 2.24) is 34.6 Å². The summed E-state index contributed by atoms with van der Waals surface area (Å²) in [5, 5.41) is 11.9. The van der Waals surface area contributed by atoms with Crippen molar-refractivity contribution in [3.63, 3.8) is 0 Å². The molecule has 0 aromatic carbocycles. The van der Waals surface area contributed by atoms with Crippen LogP contribution in [-0.2, 0) is 11.2 Å². The third-order valence-electron chi connectivity index (χ3n) is 6.25. The van der Waals surface area contributed by atoms with Crippen LogP contribution in [0.3, 0.4) is 0 Å². The zero-order chi connectivity index (χ0) is 21.6. The van der Waals surface area contributed by atoms with E-state index in [4.69, 9.17) is 4.99 Å². The molecule has 1 amide bonds. The van der Waals surface area contributed by atoms with E-state index in [1.54, 1.807) is 0 Å². The number of halogens is 1. The first-order valence-corrected chi connectivity index (χ1v) is 11.5. The van der Waals surface area contributed by atoms with E-state index in [9.17, 15) is 4.79 Å². The molecule has 2 aromatic rings. The molecule has 32 heavy (non-hydrogen) atoms. The van der Waals surface area contributed by atoms with Crippen LogP contribution in [0, 0.1) is 0 Å². The van der Waals surface area contributed by atoms with Crippen molar-refractivity contribution < 1.29 is 4.79 Å². The summed E-state index contributed by atoms with van der Waals surface area (Å²) in [5.74, 6) is 2.15. The molecule has 0 radical (unpaired) electrons. The van der Waals surface area contributed by atoms with E-state index >= 15 is 0 Å². The average molecular weight is 554 g/mol. The lowest BCUT2D eigenvalue weighted by atomic mass is 10.2. The number of guanidine groups is 1. The van der Waals surface area contributed by atoms with Gasteiger partial charge in [-0.25, -0.2) is 0 Å². The van der Waals surface area contributed by atoms with Gasteiger partial charge in [0, 0.05) is 65.0 Å². The van der Waals surface area contributed by atoms with Crippen molar-refractivity contribution >= 4 is 41.5 Å². The predicted octanol–water partition coefficient (Wildman–Crippen LogP) is 1.48. The van der Waals surface area contributed by atoms with Crippen LogP contribution in [0.4, 0.5) is 0 Å². The standard InChI is InChI=1S/C22H34N8O.HI/c1-3-23-22(24-10-9-20-26-25-19-8-4-5-13-30(19)20)29-16-14-27(15-17-29)18(2)21(31)28-11-6-7-12-28;/h4-5,8,13,18H,3,6-7,9-12,14-17H2,1-2H3,(H,23,24);1H. The fraction of sp³-hybridized carbons (Fsp3) is 0.636. The van der Waals surface area contributed by atoms with Crippen LogP contribution in [0.5, 0.6) is 0 Å². The third kappa shape index (κ3) is 5.69. The number of likely N-dealkylation sites (tertiary alicyclic amines) is 1. The number of nitrogens with one attached hydrogen (secondary N) is 1. The first kappa shape index (κ1) is 24.7. The van der Waals surface area contributed by atoms with E-state index in [2.05, 4.69) is 39.2 Å². The van der Waals surface area contributed by atoms with Gasteiger partial charge in [-0.05, 0) is 38.8 Å². The van der Waals surface area contributed by atoms with Gasteiger partial charge in [0.15, 0.2) is 11.6 Å². The quantitative estimate of drug-likeness (QED) is 0.331. The molecule has 4 heterocycles. The van der Waals surface area contributed by atoms with Crippen molar-refractivity contribution in [2.45, 2.75) is 39.2 Å². The van der Waals surface area contributed by atoms with Crippen LogP contribution in [-0.4, -0.2) is 99.6 Å². The van der Waals surface area contributed by atoms with Gasteiger partial charge in [0.1, 0.15) is 5.82 Å². The summed E-state index contributed by atoms with van der Waals surface area (Å²) < 4.78 is 2.01. The average Bonchev–Trinajstić information content (AvgIpc) is 3.48. The largest absolute Gasteiger partial charge is 0.357 e. The Morgan fingerprint density at radius 3 is 2.56 bits per heavy atom. The monoisotopic (exact) mass is 554 g/mol. The van der Waals surface area contributed by atoms with Crippen LogP contribution in [0.15, 0.2) is 29.4 Å². The Labute approximate surface area is 207 Å². The molecule has 0 saturated carbocycles. The molecule has 2 aliphatic rings. The maximum atomic E-state index is 12.7. The Balaban J connectivity index is 0.00000289. The molecule has 0 spiro atoms. The van der Waals surface area contributed by atoms with Crippen molar-refractivity contribution in [3.05, 3.63) is 30.2 Å². The number of pyridine rings is 1. The first-order valence-electron chi connectivity index (χ1n) is 11.5. The highest BCUT2D eigenvalue weighted by atomic mass is 127. The van der Waals surface area contributed by atoms with E-state index < -0.39 is 0 Å². The number of hydrogen-bond donors (Lipinski definition) is 1. The number of aliphatic imine (C=N–C) groups is 1. The molecule has 10 heteroatoms. The fourth-order valence-electron chi connectivity index (χ4n) is 4.43. The zero-order valence-corrected chi connectivity index (χ0v) is 21.4. The number of carbonyl (C=O) groups excluding carboxylic acids is 1. The van der Waals surface area contributed by atoms with Gasteiger partial charge in [0.2, 0.25) is 5.91 Å². The molecule has 2 aromatic heterocycles. The Hall–Kier alpha value is -1.95. The van der Waals surface area contributed by atoms with Crippen molar-refractivity contribution in [2.75, 3.05) is 52.4 Å². The Morgan fingerprint density at radius 2 is 1.84 bits per heavy atom. The zero-order valence-electron chi connectivity index (χ0n) is 19.1. The highest BCUT2D eigenvalue weighted by Gasteiger charge is 2.30. The number of hydrogen-bond acceptors (Lipinski definition) is 5. The van der Waals surface area contributed by atoms with Gasteiger partial charge in [-0.1, -0.05) is 6.07 Å². The molecule has 2 aliphatic heterocycles. The Bertz CT molecular complexity index is 902. The molecule has 0 bridgehead atoms. The number of nitrogens with zero attached hydrogens (tertiary/aromatic N) is 7. The summed E-state index contributed by atoms with van der Waals surface area (Å²) in [7, 11) is 0. The summed E-state index contributed by atoms with van der Waals surface area (Å²) >= 11 is 0. The summed E-state index contributed by atoms with van der Waals surface area (Å²) in [6.07, 6.45) is 5.00. The minimum Gasteiger partial charge on any atom is -0.357 e. The molecule has 4 rings (SSSR count). The van der Waals surface area contributed by atoms with E-state index in [1.165, 1.54) is 0 Å². The van der Waals surface area contributed by atoms with Crippen molar-refractivity contribution in [3.8, 4) is 0 Å². The molecule has 2 fully saturated rings. The lowest BCUT2D eigenvalue weighted by Gasteiger charge is -2.39. The second-order valence-electron chi connectivity index (χ2n) is 8.26. The Morgan fingerprint density at radius 1 is 1.09 bits per heavy atom. The van der Waals surface area contributed by atoms with E-state index in [0.717, 1.165) is 82.5 Å². The van der Waals surface area contributed by atoms with Crippen LogP contribution in [0.1, 0.15) is 32.5 Å². The number of fused-ring (bicyclic) bond motifs is 1. The van der Waals surface area contributed by atoms with Crippen LogP contribution in [0.25, 0.3) is 5.65 Å². The fourth-order valence-corrected chi connectivity index (χ4v) is 4.43. The lowest BCUT2D eigenvalue weighted by Crippen LogP contribution is -2.57. The smallest absolute Gasteiger partial charge is 0.239 e. The molecule has 1 N–H and O–H groups in total. The van der Waals surface area contributed by atoms with Gasteiger partial charge in [0.25, 0.3) is 0 Å². The van der Waals surface area contributed by atoms with Gasteiger partial charge in [-0.2, -0.15) is 0 Å². The molecule has 2 saturated heterocycles. The number of carbonyl (C=O) groups is 1. The van der Waals surface area contributed by atoms with Crippen LogP contribution in [0.2, 0.25) is 0 Å². The van der Waals surface area contributed by atoms with Gasteiger partial charge in [-0.15, -0.1) is 34.2 Å². The topological polar surface area (TPSA) is 81.4 Å². The molecule has 1 unspecified atom stereocenters. The molecular formula is C22H35IN8O. The summed E-state index contributed by atoms with van der Waals surface area (Å²) in [6.45, 7) is 11.0. The molecule has 9 nitrogen and oxygen atoms in total. The van der Waals surface area contributed by atoms with Crippen LogP contribution >= 0.6 is 24.0 Å². The molecule has 1 atom stereocenters. The summed E-state index contributed by atoms with van der Waals surface area (Å²) in [6, 6.07) is 5.87. The first-order chi connectivity index (χ1) is 15.2.